The Bertz CT molecular complexity index is 2000. The first-order valence-electron chi connectivity index (χ1n) is 14.5. The maximum Gasteiger partial charge on any atom is 0.290 e. The molecule has 3 rings (SSSR count). The number of carbonyl (C=O) groups is 2. The highest BCUT2D eigenvalue weighted by molar-refractivity contribution is 7.95. The minimum atomic E-state index is -4.73. The predicted molar refractivity (Wildman–Crippen MR) is 186 cm³/mol. The van der Waals surface area contributed by atoms with Gasteiger partial charge in [0.2, 0.25) is 0 Å². The van der Waals surface area contributed by atoms with E-state index in [0.717, 1.165) is 19.3 Å². The van der Waals surface area contributed by atoms with Gasteiger partial charge in [-0.2, -0.15) is 8.42 Å². The Labute approximate surface area is 281 Å². The van der Waals surface area contributed by atoms with Crippen LogP contribution < -0.4 is 0 Å². The van der Waals surface area contributed by atoms with Crippen LogP contribution in [-0.2, 0) is 42.6 Å². The third-order valence-corrected chi connectivity index (χ3v) is 8.71. The standard InChI is InChI=1S/C37H36O9S2/c1-5-6-7-8-12-15-34(38)31-20-16-29(17-21-31)25-45-28(3)37(35(47(4,40)41)24-27(2)48(42,43)44)46-26-30-18-22-33(23-19-30)36(39)32-13-10-9-11-14-32/h5-24H,3,25-26H2,1-2,4H3,(H,42,43,44)/b6-5-,8-7-,15-12+,27-24+,37-35-. The van der Waals surface area contributed by atoms with Crippen molar-refractivity contribution >= 4 is 31.5 Å². The summed E-state index contributed by atoms with van der Waals surface area (Å²) in [6.07, 6.45) is 11.9. The highest BCUT2D eigenvalue weighted by Gasteiger charge is 2.23. The van der Waals surface area contributed by atoms with Gasteiger partial charge in [0.15, 0.2) is 32.9 Å². The molecule has 0 aliphatic heterocycles. The Morgan fingerprint density at radius 1 is 0.750 bits per heavy atom. The van der Waals surface area contributed by atoms with Crippen LogP contribution in [0.1, 0.15) is 51.3 Å². The number of rotatable bonds is 16. The first-order chi connectivity index (χ1) is 22.7. The minimum absolute atomic E-state index is 0.101. The summed E-state index contributed by atoms with van der Waals surface area (Å²) < 4.78 is 70.4. The second-order valence-electron chi connectivity index (χ2n) is 10.4. The zero-order valence-corrected chi connectivity index (χ0v) is 28.3. The van der Waals surface area contributed by atoms with Crippen molar-refractivity contribution in [1.82, 2.24) is 0 Å². The summed E-state index contributed by atoms with van der Waals surface area (Å²) in [4.78, 5) is 24.0. The van der Waals surface area contributed by atoms with Crippen LogP contribution in [0.4, 0.5) is 0 Å². The number of hydrogen-bond acceptors (Lipinski definition) is 8. The van der Waals surface area contributed by atoms with E-state index >= 15 is 0 Å². The van der Waals surface area contributed by atoms with E-state index < -0.39 is 29.8 Å². The number of carbonyl (C=O) groups excluding carboxylic acids is 2. The summed E-state index contributed by atoms with van der Waals surface area (Å²) in [6, 6.07) is 21.8. The SMILES string of the molecule is C=C(OCc1ccc(C(=O)/C=C/C=C\C=C/C)cc1)/C(OCc1ccc(C(=O)c2ccccc2)cc1)=C(\C=C(/C)S(=O)(=O)O)S(C)(=O)=O. The average Bonchev–Trinajstić information content (AvgIpc) is 3.06. The molecule has 1 N–H and O–H groups in total. The molecule has 3 aromatic rings. The Morgan fingerprint density at radius 2 is 1.27 bits per heavy atom. The quantitative estimate of drug-likeness (QED) is 0.0549. The van der Waals surface area contributed by atoms with E-state index in [1.54, 1.807) is 91.0 Å². The van der Waals surface area contributed by atoms with Gasteiger partial charge < -0.3 is 9.47 Å². The van der Waals surface area contributed by atoms with Crippen LogP contribution in [0.2, 0.25) is 0 Å². The highest BCUT2D eigenvalue weighted by Crippen LogP contribution is 2.26. The van der Waals surface area contributed by atoms with Crippen LogP contribution in [0.3, 0.4) is 0 Å². The van der Waals surface area contributed by atoms with Crippen molar-refractivity contribution in [1.29, 1.82) is 0 Å². The third-order valence-electron chi connectivity index (χ3n) is 6.68. The van der Waals surface area contributed by atoms with Crippen molar-refractivity contribution in [3.05, 3.63) is 177 Å². The fourth-order valence-electron chi connectivity index (χ4n) is 4.03. The lowest BCUT2D eigenvalue weighted by atomic mass is 10.0. The summed E-state index contributed by atoms with van der Waals surface area (Å²) >= 11 is 0. The van der Waals surface area contributed by atoms with E-state index in [-0.39, 0.29) is 36.3 Å². The normalized spacial score (nSPS) is 13.1. The van der Waals surface area contributed by atoms with E-state index in [4.69, 9.17) is 9.47 Å². The average molecular weight is 689 g/mol. The fraction of sp³-hybridized carbons (Fsp3) is 0.135. The molecule has 0 bridgehead atoms. The van der Waals surface area contributed by atoms with Gasteiger partial charge in [-0.3, -0.25) is 14.1 Å². The molecule has 0 radical (unpaired) electrons. The molecule has 0 amide bonds. The van der Waals surface area contributed by atoms with Crippen LogP contribution in [0, 0.1) is 0 Å². The molecule has 0 spiro atoms. The molecular weight excluding hydrogens is 653 g/mol. The van der Waals surface area contributed by atoms with E-state index in [1.165, 1.54) is 6.08 Å². The molecule has 0 fully saturated rings. The molecule has 0 aromatic heterocycles. The highest BCUT2D eigenvalue weighted by atomic mass is 32.2. The minimum Gasteiger partial charge on any atom is -0.486 e. The van der Waals surface area contributed by atoms with Crippen LogP contribution in [0.15, 0.2) is 149 Å². The smallest absolute Gasteiger partial charge is 0.290 e. The van der Waals surface area contributed by atoms with E-state index in [9.17, 15) is 31.0 Å². The number of allylic oxidation sites excluding steroid dienone is 8. The van der Waals surface area contributed by atoms with Crippen molar-refractivity contribution in [3.8, 4) is 0 Å². The molecule has 9 nitrogen and oxygen atoms in total. The van der Waals surface area contributed by atoms with Crippen LogP contribution in [0.5, 0.6) is 0 Å². The van der Waals surface area contributed by atoms with Gasteiger partial charge in [-0.05, 0) is 37.1 Å². The molecule has 0 heterocycles. The van der Waals surface area contributed by atoms with Crippen molar-refractivity contribution in [2.75, 3.05) is 6.26 Å². The van der Waals surface area contributed by atoms with Crippen LogP contribution in [-0.4, -0.2) is 39.2 Å². The largest absolute Gasteiger partial charge is 0.486 e. The van der Waals surface area contributed by atoms with Gasteiger partial charge in [0.1, 0.15) is 18.1 Å². The number of ether oxygens (including phenoxy) is 2. The van der Waals surface area contributed by atoms with Gasteiger partial charge in [-0.1, -0.05) is 116 Å². The molecule has 0 unspecified atom stereocenters. The Balaban J connectivity index is 1.85. The molecule has 48 heavy (non-hydrogen) atoms. The zero-order chi connectivity index (χ0) is 35.3. The summed E-state index contributed by atoms with van der Waals surface area (Å²) in [5, 5.41) is 0. The molecule has 3 aromatic carbocycles. The monoisotopic (exact) mass is 688 g/mol. The maximum absolute atomic E-state index is 12.9. The Morgan fingerprint density at radius 3 is 1.81 bits per heavy atom. The first kappa shape index (κ1) is 37.4. The van der Waals surface area contributed by atoms with Crippen molar-refractivity contribution in [2.24, 2.45) is 0 Å². The Kier molecular flexibility index (Phi) is 13.4. The van der Waals surface area contributed by atoms with Crippen LogP contribution >= 0.6 is 0 Å². The molecule has 250 valence electrons. The number of hydrogen-bond donors (Lipinski definition) is 1. The summed E-state index contributed by atoms with van der Waals surface area (Å²) in [7, 11) is -8.90. The summed E-state index contributed by atoms with van der Waals surface area (Å²) in [6.45, 7) is 6.43. The van der Waals surface area contributed by atoms with Gasteiger partial charge in [-0.15, -0.1) is 0 Å². The molecule has 0 saturated carbocycles. The van der Waals surface area contributed by atoms with Crippen molar-refractivity contribution < 1.29 is 40.5 Å². The number of ketones is 2. The third kappa shape index (κ3) is 11.3. The van der Waals surface area contributed by atoms with E-state index in [0.29, 0.717) is 27.8 Å². The molecular formula is C37H36O9S2. The molecule has 0 aliphatic rings. The van der Waals surface area contributed by atoms with Gasteiger partial charge in [0.25, 0.3) is 10.1 Å². The number of sulfone groups is 1. The second-order valence-corrected chi connectivity index (χ2v) is 14.0. The first-order valence-corrected chi connectivity index (χ1v) is 17.9. The molecule has 0 saturated heterocycles. The summed E-state index contributed by atoms with van der Waals surface area (Å²) in [5.41, 5.74) is 2.57. The van der Waals surface area contributed by atoms with Gasteiger partial charge in [-0.25, -0.2) is 8.42 Å². The lowest BCUT2D eigenvalue weighted by Gasteiger charge is -2.17. The topological polar surface area (TPSA) is 141 Å². The molecule has 0 aliphatic carbocycles. The van der Waals surface area contributed by atoms with Crippen molar-refractivity contribution in [3.63, 3.8) is 0 Å². The predicted octanol–water partition coefficient (Wildman–Crippen LogP) is 7.08. The maximum atomic E-state index is 12.9. The second kappa shape index (κ2) is 17.2. The zero-order valence-electron chi connectivity index (χ0n) is 26.7. The van der Waals surface area contributed by atoms with Gasteiger partial charge >= 0.3 is 0 Å². The van der Waals surface area contributed by atoms with E-state index in [1.807, 2.05) is 25.1 Å². The van der Waals surface area contributed by atoms with Gasteiger partial charge in [0, 0.05) is 22.9 Å². The lowest BCUT2D eigenvalue weighted by molar-refractivity contribution is 0.103. The lowest BCUT2D eigenvalue weighted by Crippen LogP contribution is -2.11. The van der Waals surface area contributed by atoms with Crippen molar-refractivity contribution in [2.45, 2.75) is 27.1 Å². The fourth-order valence-corrected chi connectivity index (χ4v) is 5.27. The number of benzene rings is 3. The van der Waals surface area contributed by atoms with Crippen LogP contribution in [0.25, 0.3) is 0 Å². The Hall–Kier alpha value is -5.10. The molecule has 11 heteroatoms. The molecule has 0 atom stereocenters. The summed E-state index contributed by atoms with van der Waals surface area (Å²) in [5.74, 6) is -0.997. The van der Waals surface area contributed by atoms with Gasteiger partial charge in [0.05, 0.1) is 4.91 Å². The van der Waals surface area contributed by atoms with E-state index in [2.05, 4.69) is 6.58 Å².